The number of hydrogen-bond donors (Lipinski definition) is 3. The number of sulfonamides is 1. The molecule has 8 nitrogen and oxygen atoms in total. The van der Waals surface area contributed by atoms with Crippen LogP contribution in [0.5, 0.6) is 11.5 Å². The largest absolute Gasteiger partial charge is 0.504 e. The van der Waals surface area contributed by atoms with Gasteiger partial charge in [0.2, 0.25) is 10.0 Å². The molecule has 0 unspecified atom stereocenters. The molecular formula is C20H23ClFN3O5S. The number of rotatable bonds is 8. The Balaban J connectivity index is 1.89. The van der Waals surface area contributed by atoms with E-state index in [2.05, 4.69) is 4.72 Å². The van der Waals surface area contributed by atoms with Crippen molar-refractivity contribution in [1.29, 1.82) is 0 Å². The van der Waals surface area contributed by atoms with Gasteiger partial charge in [-0.1, -0.05) is 17.7 Å². The number of phenolic OH excluding ortho intramolecular Hbond substituents is 2. The Hall–Kier alpha value is -2.40. The molecule has 0 spiro atoms. The first-order valence-electron chi connectivity index (χ1n) is 9.46. The standard InChI is InChI=1S/C20H23ClFN3O5S/c1-24(2)7-3-6-23-31(29,30)17-9-16(26)19(27)18-13(17)11-25(20(18)28)10-12-4-5-15(22)14(21)8-12/h4-5,8-9,23,26-27H,3,6-7,10-11H2,1-2H3. The van der Waals surface area contributed by atoms with Crippen LogP contribution in [0.15, 0.2) is 29.2 Å². The minimum atomic E-state index is -4.04. The van der Waals surface area contributed by atoms with Crippen molar-refractivity contribution < 1.29 is 27.8 Å². The van der Waals surface area contributed by atoms with Crippen molar-refractivity contribution in [3.8, 4) is 11.5 Å². The van der Waals surface area contributed by atoms with Gasteiger partial charge in [-0.2, -0.15) is 0 Å². The van der Waals surface area contributed by atoms with E-state index in [0.29, 0.717) is 18.5 Å². The van der Waals surface area contributed by atoms with Crippen LogP contribution in [-0.4, -0.2) is 61.5 Å². The summed E-state index contributed by atoms with van der Waals surface area (Å²) in [5, 5.41) is 20.2. The fraction of sp³-hybridized carbons (Fsp3) is 0.350. The minimum Gasteiger partial charge on any atom is -0.504 e. The average Bonchev–Trinajstić information content (AvgIpc) is 3.01. The maximum Gasteiger partial charge on any atom is 0.258 e. The third-order valence-corrected chi connectivity index (χ3v) is 6.73. The predicted octanol–water partition coefficient (Wildman–Crippen LogP) is 2.28. The third kappa shape index (κ3) is 4.93. The van der Waals surface area contributed by atoms with Gasteiger partial charge in [-0.15, -0.1) is 0 Å². The Labute approximate surface area is 184 Å². The number of nitrogens with zero attached hydrogens (tertiary/aromatic N) is 2. The quantitative estimate of drug-likeness (QED) is 0.402. The molecule has 168 valence electrons. The van der Waals surface area contributed by atoms with E-state index in [1.165, 1.54) is 23.1 Å². The summed E-state index contributed by atoms with van der Waals surface area (Å²) in [4.78, 5) is 15.8. The summed E-state index contributed by atoms with van der Waals surface area (Å²) in [7, 11) is -0.306. The highest BCUT2D eigenvalue weighted by Gasteiger charge is 2.37. The third-order valence-electron chi connectivity index (χ3n) is 4.92. The smallest absolute Gasteiger partial charge is 0.258 e. The van der Waals surface area contributed by atoms with Crippen LogP contribution < -0.4 is 4.72 Å². The van der Waals surface area contributed by atoms with Gasteiger partial charge >= 0.3 is 0 Å². The van der Waals surface area contributed by atoms with E-state index in [0.717, 1.165) is 6.07 Å². The van der Waals surface area contributed by atoms with E-state index >= 15 is 0 Å². The normalized spacial score (nSPS) is 13.8. The second-order valence-electron chi connectivity index (χ2n) is 7.56. The van der Waals surface area contributed by atoms with Gasteiger partial charge in [-0.3, -0.25) is 4.79 Å². The van der Waals surface area contributed by atoms with Gasteiger partial charge in [0.25, 0.3) is 5.91 Å². The number of hydrogen-bond acceptors (Lipinski definition) is 6. The van der Waals surface area contributed by atoms with E-state index < -0.39 is 33.2 Å². The Morgan fingerprint density at radius 2 is 1.97 bits per heavy atom. The molecule has 0 saturated heterocycles. The number of aromatic hydroxyl groups is 2. The van der Waals surface area contributed by atoms with Crippen LogP contribution in [0, 0.1) is 5.82 Å². The summed E-state index contributed by atoms with van der Waals surface area (Å²) < 4.78 is 41.6. The van der Waals surface area contributed by atoms with Gasteiger partial charge < -0.3 is 20.0 Å². The first-order valence-corrected chi connectivity index (χ1v) is 11.3. The summed E-state index contributed by atoms with van der Waals surface area (Å²) >= 11 is 5.79. The van der Waals surface area contributed by atoms with Crippen molar-refractivity contribution in [3.05, 3.63) is 51.8 Å². The van der Waals surface area contributed by atoms with Crippen molar-refractivity contribution in [3.63, 3.8) is 0 Å². The van der Waals surface area contributed by atoms with Crippen LogP contribution in [0.4, 0.5) is 4.39 Å². The molecule has 1 heterocycles. The topological polar surface area (TPSA) is 110 Å². The van der Waals surface area contributed by atoms with Crippen molar-refractivity contribution in [2.24, 2.45) is 0 Å². The van der Waals surface area contributed by atoms with Gasteiger partial charge in [0, 0.05) is 31.3 Å². The zero-order chi connectivity index (χ0) is 22.9. The first kappa shape index (κ1) is 23.3. The van der Waals surface area contributed by atoms with Crippen LogP contribution in [0.1, 0.15) is 27.9 Å². The van der Waals surface area contributed by atoms with Gasteiger partial charge in [-0.05, 0) is 44.8 Å². The Kier molecular flexibility index (Phi) is 6.75. The molecule has 1 amide bonds. The SMILES string of the molecule is CN(C)CCCNS(=O)(=O)c1cc(O)c(O)c2c1CN(Cc1ccc(F)c(Cl)c1)C2=O. The molecule has 1 aliphatic rings. The number of phenols is 2. The Morgan fingerprint density at radius 1 is 1.26 bits per heavy atom. The molecule has 0 bridgehead atoms. The second kappa shape index (κ2) is 8.99. The van der Waals surface area contributed by atoms with Crippen LogP contribution >= 0.6 is 11.6 Å². The molecule has 0 aromatic heterocycles. The molecular weight excluding hydrogens is 449 g/mol. The number of carbonyl (C=O) groups is 1. The number of nitrogens with one attached hydrogen (secondary N) is 1. The second-order valence-corrected chi connectivity index (χ2v) is 9.70. The highest BCUT2D eigenvalue weighted by Crippen LogP contribution is 2.41. The van der Waals surface area contributed by atoms with E-state index in [9.17, 15) is 27.8 Å². The highest BCUT2D eigenvalue weighted by atomic mass is 35.5. The van der Waals surface area contributed by atoms with Crippen LogP contribution in [-0.2, 0) is 23.1 Å². The fourth-order valence-corrected chi connectivity index (χ4v) is 4.92. The maximum atomic E-state index is 13.4. The molecule has 3 N–H and O–H groups in total. The zero-order valence-corrected chi connectivity index (χ0v) is 18.6. The summed E-state index contributed by atoms with van der Waals surface area (Å²) in [6.45, 7) is 0.755. The lowest BCUT2D eigenvalue weighted by Gasteiger charge is -2.16. The van der Waals surface area contributed by atoms with Gasteiger partial charge in [0.05, 0.1) is 15.5 Å². The van der Waals surface area contributed by atoms with Crippen molar-refractivity contribution in [2.75, 3.05) is 27.2 Å². The summed E-state index contributed by atoms with van der Waals surface area (Å²) in [5.74, 6) is -2.62. The van der Waals surface area contributed by atoms with E-state index in [1.807, 2.05) is 19.0 Å². The number of carbonyl (C=O) groups excluding carboxylic acids is 1. The molecule has 0 saturated carbocycles. The molecule has 0 fully saturated rings. The van der Waals surface area contributed by atoms with E-state index in [-0.39, 0.29) is 40.7 Å². The van der Waals surface area contributed by atoms with Gasteiger partial charge in [-0.25, -0.2) is 17.5 Å². The zero-order valence-electron chi connectivity index (χ0n) is 17.0. The van der Waals surface area contributed by atoms with Crippen molar-refractivity contribution in [2.45, 2.75) is 24.4 Å². The lowest BCUT2D eigenvalue weighted by molar-refractivity contribution is 0.0764. The molecule has 0 atom stereocenters. The predicted molar refractivity (Wildman–Crippen MR) is 113 cm³/mol. The molecule has 31 heavy (non-hydrogen) atoms. The molecule has 11 heteroatoms. The van der Waals surface area contributed by atoms with Crippen LogP contribution in [0.2, 0.25) is 5.02 Å². The number of halogens is 2. The average molecular weight is 472 g/mol. The van der Waals surface area contributed by atoms with Crippen LogP contribution in [0.25, 0.3) is 0 Å². The summed E-state index contributed by atoms with van der Waals surface area (Å²) in [6.07, 6.45) is 0.564. The number of fused-ring (bicyclic) bond motifs is 1. The first-order chi connectivity index (χ1) is 14.5. The Morgan fingerprint density at radius 3 is 2.61 bits per heavy atom. The van der Waals surface area contributed by atoms with Crippen molar-refractivity contribution >= 4 is 27.5 Å². The molecule has 3 rings (SSSR count). The van der Waals surface area contributed by atoms with Crippen molar-refractivity contribution in [1.82, 2.24) is 14.5 Å². The molecule has 1 aliphatic heterocycles. The molecule has 0 radical (unpaired) electrons. The van der Waals surface area contributed by atoms with Gasteiger partial charge in [0.15, 0.2) is 11.5 Å². The maximum absolute atomic E-state index is 13.4. The summed E-state index contributed by atoms with van der Waals surface area (Å²) in [5.41, 5.74) is 0.359. The monoisotopic (exact) mass is 471 g/mol. The van der Waals surface area contributed by atoms with E-state index in [4.69, 9.17) is 11.6 Å². The summed E-state index contributed by atoms with van der Waals surface area (Å²) in [6, 6.07) is 4.93. The van der Waals surface area contributed by atoms with Crippen LogP contribution in [0.3, 0.4) is 0 Å². The number of amides is 1. The Bertz CT molecular complexity index is 1120. The van der Waals surface area contributed by atoms with E-state index in [1.54, 1.807) is 0 Å². The molecule has 2 aromatic carbocycles. The fourth-order valence-electron chi connectivity index (χ4n) is 3.39. The lowest BCUT2D eigenvalue weighted by atomic mass is 10.1. The minimum absolute atomic E-state index is 0.0173. The lowest BCUT2D eigenvalue weighted by Crippen LogP contribution is -2.28. The van der Waals surface area contributed by atoms with Gasteiger partial charge in [0.1, 0.15) is 5.82 Å². The number of benzene rings is 2. The highest BCUT2D eigenvalue weighted by molar-refractivity contribution is 7.89. The molecule has 0 aliphatic carbocycles. The molecule has 2 aromatic rings.